The Balaban J connectivity index is 2.26. The van der Waals surface area contributed by atoms with Crippen LogP contribution < -0.4 is 5.32 Å². The van der Waals surface area contributed by atoms with Crippen molar-refractivity contribution < 1.29 is 4.79 Å². The lowest BCUT2D eigenvalue weighted by Gasteiger charge is -2.22. The predicted molar refractivity (Wildman–Crippen MR) is 81.4 cm³/mol. The van der Waals surface area contributed by atoms with Crippen LogP contribution in [0.25, 0.3) is 0 Å². The molecule has 1 aromatic carbocycles. The van der Waals surface area contributed by atoms with E-state index in [1.165, 1.54) is 0 Å². The maximum absolute atomic E-state index is 12.2. The van der Waals surface area contributed by atoms with E-state index in [0.29, 0.717) is 16.4 Å². The number of anilines is 1. The fraction of sp³-hybridized carbons (Fsp3) is 0.333. The molecule has 2 aromatic rings. The lowest BCUT2D eigenvalue weighted by Crippen LogP contribution is -2.26. The largest absolute Gasteiger partial charge is 0.307 e. The second kappa shape index (κ2) is 5.29. The van der Waals surface area contributed by atoms with Crippen molar-refractivity contribution in [3.8, 4) is 0 Å². The Kier molecular flexibility index (Phi) is 3.86. The molecule has 1 N–H and O–H groups in total. The molecular weight excluding hydrogens is 274 g/mol. The molecule has 1 amide bonds. The van der Waals surface area contributed by atoms with Crippen molar-refractivity contribution in [2.24, 2.45) is 0 Å². The number of nitrogens with one attached hydrogen (secondary N) is 1. The van der Waals surface area contributed by atoms with E-state index in [1.54, 1.807) is 24.3 Å². The van der Waals surface area contributed by atoms with Gasteiger partial charge in [-0.2, -0.15) is 5.10 Å². The summed E-state index contributed by atoms with van der Waals surface area (Å²) in [5.41, 5.74) is 1.23. The fourth-order valence-electron chi connectivity index (χ4n) is 1.89. The summed E-state index contributed by atoms with van der Waals surface area (Å²) in [7, 11) is 0. The first-order valence-corrected chi connectivity index (χ1v) is 6.79. The van der Waals surface area contributed by atoms with E-state index in [1.807, 2.05) is 38.4 Å². The van der Waals surface area contributed by atoms with Gasteiger partial charge in [-0.25, -0.2) is 4.68 Å². The number of aromatic nitrogens is 2. The molecule has 0 spiro atoms. The number of hydrogen-bond acceptors (Lipinski definition) is 2. The van der Waals surface area contributed by atoms with Gasteiger partial charge >= 0.3 is 0 Å². The molecule has 1 aromatic heterocycles. The van der Waals surface area contributed by atoms with E-state index < -0.39 is 0 Å². The van der Waals surface area contributed by atoms with Crippen LogP contribution in [-0.2, 0) is 5.54 Å². The number of halogens is 1. The Morgan fingerprint density at radius 3 is 2.40 bits per heavy atom. The fourth-order valence-corrected chi connectivity index (χ4v) is 2.02. The Bertz CT molecular complexity index is 624. The number of benzene rings is 1. The van der Waals surface area contributed by atoms with E-state index in [4.69, 9.17) is 11.6 Å². The van der Waals surface area contributed by atoms with Gasteiger partial charge in [0.25, 0.3) is 5.91 Å². The van der Waals surface area contributed by atoms with Crippen molar-refractivity contribution in [2.75, 3.05) is 5.32 Å². The molecule has 0 saturated carbocycles. The molecule has 0 fully saturated rings. The Morgan fingerprint density at radius 2 is 1.85 bits per heavy atom. The molecule has 0 aliphatic rings. The molecule has 0 atom stereocenters. The number of amides is 1. The second-order valence-corrected chi connectivity index (χ2v) is 6.15. The van der Waals surface area contributed by atoms with Gasteiger partial charge in [0.15, 0.2) is 0 Å². The topological polar surface area (TPSA) is 46.9 Å². The summed E-state index contributed by atoms with van der Waals surface area (Å²) < 4.78 is 1.82. The number of nitrogens with zero attached hydrogens (tertiary/aromatic N) is 2. The molecule has 0 bridgehead atoms. The Hall–Kier alpha value is -1.81. The lowest BCUT2D eigenvalue weighted by atomic mass is 10.1. The third kappa shape index (κ3) is 3.20. The maximum atomic E-state index is 12.2. The SMILES string of the molecule is Cc1cc(NC(=O)c2ccc(Cl)cc2)n(C(C)(C)C)n1. The summed E-state index contributed by atoms with van der Waals surface area (Å²) in [6, 6.07) is 8.65. The van der Waals surface area contributed by atoms with Crippen molar-refractivity contribution in [2.45, 2.75) is 33.2 Å². The van der Waals surface area contributed by atoms with Crippen LogP contribution in [0.1, 0.15) is 36.8 Å². The van der Waals surface area contributed by atoms with Gasteiger partial charge in [-0.05, 0) is 52.0 Å². The Morgan fingerprint density at radius 1 is 1.25 bits per heavy atom. The minimum Gasteiger partial charge on any atom is -0.307 e. The molecule has 0 saturated heterocycles. The molecule has 5 heteroatoms. The highest BCUT2D eigenvalue weighted by Crippen LogP contribution is 2.22. The number of carbonyl (C=O) groups is 1. The van der Waals surface area contributed by atoms with Gasteiger partial charge < -0.3 is 5.32 Å². The van der Waals surface area contributed by atoms with Crippen LogP contribution >= 0.6 is 11.6 Å². The monoisotopic (exact) mass is 291 g/mol. The van der Waals surface area contributed by atoms with Gasteiger partial charge in [0.1, 0.15) is 5.82 Å². The van der Waals surface area contributed by atoms with Crippen molar-refractivity contribution >= 4 is 23.3 Å². The average Bonchev–Trinajstić information content (AvgIpc) is 2.71. The molecular formula is C15H18ClN3O. The summed E-state index contributed by atoms with van der Waals surface area (Å²) in [4.78, 5) is 12.2. The minimum atomic E-state index is -0.198. The highest BCUT2D eigenvalue weighted by Gasteiger charge is 2.20. The average molecular weight is 292 g/mol. The van der Waals surface area contributed by atoms with Crippen LogP contribution in [0, 0.1) is 6.92 Å². The third-order valence-electron chi connectivity index (χ3n) is 2.81. The Labute approximate surface area is 123 Å². The molecule has 0 radical (unpaired) electrons. The van der Waals surface area contributed by atoms with E-state index in [9.17, 15) is 4.79 Å². The van der Waals surface area contributed by atoms with Crippen molar-refractivity contribution in [3.05, 3.63) is 46.6 Å². The number of carbonyl (C=O) groups excluding carboxylic acids is 1. The third-order valence-corrected chi connectivity index (χ3v) is 3.07. The molecule has 0 aliphatic carbocycles. The minimum absolute atomic E-state index is 0.174. The molecule has 1 heterocycles. The van der Waals surface area contributed by atoms with Gasteiger partial charge in [0.05, 0.1) is 11.2 Å². The van der Waals surface area contributed by atoms with Gasteiger partial charge in [-0.15, -0.1) is 0 Å². The number of rotatable bonds is 2. The molecule has 20 heavy (non-hydrogen) atoms. The predicted octanol–water partition coefficient (Wildman–Crippen LogP) is 3.85. The summed E-state index contributed by atoms with van der Waals surface area (Å²) in [5, 5.41) is 7.92. The van der Waals surface area contributed by atoms with Crippen LogP contribution in [0.2, 0.25) is 5.02 Å². The quantitative estimate of drug-likeness (QED) is 0.913. The van der Waals surface area contributed by atoms with Gasteiger partial charge in [-0.1, -0.05) is 11.6 Å². The van der Waals surface area contributed by atoms with Crippen molar-refractivity contribution in [3.63, 3.8) is 0 Å². The normalized spacial score (nSPS) is 11.4. The zero-order valence-corrected chi connectivity index (χ0v) is 12.8. The summed E-state index contributed by atoms with van der Waals surface area (Å²) in [6.07, 6.45) is 0. The van der Waals surface area contributed by atoms with E-state index >= 15 is 0 Å². The molecule has 4 nitrogen and oxygen atoms in total. The van der Waals surface area contributed by atoms with Crippen molar-refractivity contribution in [1.82, 2.24) is 9.78 Å². The van der Waals surface area contributed by atoms with Gasteiger partial charge in [-0.3, -0.25) is 4.79 Å². The van der Waals surface area contributed by atoms with Crippen molar-refractivity contribution in [1.29, 1.82) is 0 Å². The maximum Gasteiger partial charge on any atom is 0.256 e. The van der Waals surface area contributed by atoms with E-state index in [0.717, 1.165) is 5.69 Å². The summed E-state index contributed by atoms with van der Waals surface area (Å²) in [6.45, 7) is 8.02. The van der Waals surface area contributed by atoms with E-state index in [2.05, 4.69) is 10.4 Å². The molecule has 2 rings (SSSR count). The van der Waals surface area contributed by atoms with Gasteiger partial charge in [0.2, 0.25) is 0 Å². The lowest BCUT2D eigenvalue weighted by molar-refractivity contribution is 0.102. The summed E-state index contributed by atoms with van der Waals surface area (Å²) >= 11 is 5.82. The molecule has 0 unspecified atom stereocenters. The highest BCUT2D eigenvalue weighted by atomic mass is 35.5. The van der Waals surface area contributed by atoms with Crippen LogP contribution in [0.15, 0.2) is 30.3 Å². The zero-order chi connectivity index (χ0) is 14.9. The smallest absolute Gasteiger partial charge is 0.256 e. The van der Waals surface area contributed by atoms with Gasteiger partial charge in [0, 0.05) is 16.7 Å². The van der Waals surface area contributed by atoms with Crippen LogP contribution in [0.4, 0.5) is 5.82 Å². The highest BCUT2D eigenvalue weighted by molar-refractivity contribution is 6.30. The first-order chi connectivity index (χ1) is 9.27. The zero-order valence-electron chi connectivity index (χ0n) is 12.1. The van der Waals surface area contributed by atoms with Crippen LogP contribution in [0.5, 0.6) is 0 Å². The summed E-state index contributed by atoms with van der Waals surface area (Å²) in [5.74, 6) is 0.516. The first kappa shape index (κ1) is 14.6. The molecule has 0 aliphatic heterocycles. The standard InChI is InChI=1S/C15H18ClN3O/c1-10-9-13(19(18-10)15(2,3)4)17-14(20)11-5-7-12(16)8-6-11/h5-9H,1-4H3,(H,17,20). The second-order valence-electron chi connectivity index (χ2n) is 5.71. The number of hydrogen-bond donors (Lipinski definition) is 1. The van der Waals surface area contributed by atoms with Crippen LogP contribution in [0.3, 0.4) is 0 Å². The number of aryl methyl sites for hydroxylation is 1. The van der Waals surface area contributed by atoms with Crippen LogP contribution in [-0.4, -0.2) is 15.7 Å². The molecule has 106 valence electrons. The first-order valence-electron chi connectivity index (χ1n) is 6.41. The van der Waals surface area contributed by atoms with E-state index in [-0.39, 0.29) is 11.4 Å².